The van der Waals surface area contributed by atoms with E-state index in [1.54, 1.807) is 24.3 Å². The molecule has 0 aliphatic heterocycles. The Hall–Kier alpha value is -4.78. The summed E-state index contributed by atoms with van der Waals surface area (Å²) in [5.41, 5.74) is 1.83. The average Bonchev–Trinajstić information content (AvgIpc) is 2.84. The number of fused-ring (bicyclic) bond motifs is 2. The van der Waals surface area contributed by atoms with Crippen molar-refractivity contribution in [3.63, 3.8) is 0 Å². The van der Waals surface area contributed by atoms with Crippen LogP contribution in [0.15, 0.2) is 97.1 Å². The van der Waals surface area contributed by atoms with Crippen LogP contribution in [0.25, 0.3) is 32.7 Å². The van der Waals surface area contributed by atoms with Gasteiger partial charge in [0.25, 0.3) is 11.4 Å². The number of nitro benzene ring substituents is 2. The molecule has 0 amide bonds. The summed E-state index contributed by atoms with van der Waals surface area (Å²) >= 11 is 0. The predicted octanol–water partition coefficient (Wildman–Crippen LogP) is 7.27. The minimum absolute atomic E-state index is 0.00872. The molecule has 0 atom stereocenters. The van der Waals surface area contributed by atoms with Crippen molar-refractivity contribution in [1.29, 1.82) is 0 Å². The normalized spacial score (nSPS) is 10.9. The molecule has 0 saturated heterocycles. The van der Waals surface area contributed by atoms with Crippen molar-refractivity contribution in [3.8, 4) is 22.6 Å². The molecule has 160 valence electrons. The number of rotatable bonds is 5. The zero-order chi connectivity index (χ0) is 22.9. The highest BCUT2D eigenvalue weighted by atomic mass is 16.6. The van der Waals surface area contributed by atoms with E-state index in [9.17, 15) is 20.2 Å². The van der Waals surface area contributed by atoms with Gasteiger partial charge in [0.15, 0.2) is 0 Å². The monoisotopic (exact) mass is 436 g/mol. The summed E-state index contributed by atoms with van der Waals surface area (Å²) in [5, 5.41) is 25.7. The van der Waals surface area contributed by atoms with Crippen LogP contribution in [0.3, 0.4) is 0 Å². The Labute approximate surface area is 187 Å². The molecule has 0 aromatic heterocycles. The van der Waals surface area contributed by atoms with Gasteiger partial charge < -0.3 is 4.74 Å². The molecule has 5 aromatic carbocycles. The van der Waals surface area contributed by atoms with Crippen molar-refractivity contribution >= 4 is 32.9 Å². The van der Waals surface area contributed by atoms with Crippen molar-refractivity contribution in [2.45, 2.75) is 0 Å². The van der Waals surface area contributed by atoms with Crippen LogP contribution in [0.5, 0.6) is 11.5 Å². The highest BCUT2D eigenvalue weighted by Crippen LogP contribution is 2.44. The predicted molar refractivity (Wildman–Crippen MR) is 127 cm³/mol. The summed E-state index contributed by atoms with van der Waals surface area (Å²) in [7, 11) is 0. The van der Waals surface area contributed by atoms with E-state index in [1.165, 1.54) is 24.3 Å². The minimum atomic E-state index is -0.451. The highest BCUT2D eigenvalue weighted by molar-refractivity contribution is 6.17. The highest BCUT2D eigenvalue weighted by Gasteiger charge is 2.17. The van der Waals surface area contributed by atoms with Gasteiger partial charge in [0, 0.05) is 35.0 Å². The Morgan fingerprint density at radius 2 is 0.970 bits per heavy atom. The van der Waals surface area contributed by atoms with Gasteiger partial charge in [-0.3, -0.25) is 20.2 Å². The first-order chi connectivity index (χ1) is 16.0. The first-order valence-electron chi connectivity index (χ1n) is 10.1. The van der Waals surface area contributed by atoms with Crippen molar-refractivity contribution in [1.82, 2.24) is 0 Å². The zero-order valence-corrected chi connectivity index (χ0v) is 17.2. The first kappa shape index (κ1) is 20.1. The van der Waals surface area contributed by atoms with Gasteiger partial charge in [0.05, 0.1) is 9.85 Å². The van der Waals surface area contributed by atoms with Crippen LogP contribution in [0.1, 0.15) is 0 Å². The fourth-order valence-corrected chi connectivity index (χ4v) is 4.01. The molecule has 0 fully saturated rings. The number of ether oxygens (including phenoxy) is 1. The van der Waals surface area contributed by atoms with Crippen LogP contribution in [-0.2, 0) is 0 Å². The number of non-ortho nitro benzene ring substituents is 2. The molecule has 0 spiro atoms. The third-order valence-electron chi connectivity index (χ3n) is 5.52. The van der Waals surface area contributed by atoms with Crippen molar-refractivity contribution in [2.75, 3.05) is 0 Å². The van der Waals surface area contributed by atoms with E-state index in [0.29, 0.717) is 11.5 Å². The van der Waals surface area contributed by atoms with Gasteiger partial charge in [0.2, 0.25) is 0 Å². The fourth-order valence-electron chi connectivity index (χ4n) is 4.01. The topological polar surface area (TPSA) is 95.5 Å². The van der Waals surface area contributed by atoms with E-state index in [-0.39, 0.29) is 11.4 Å². The molecule has 7 nitrogen and oxygen atoms in total. The molecule has 0 aliphatic rings. The molecule has 5 rings (SSSR count). The van der Waals surface area contributed by atoms with Gasteiger partial charge in [-0.25, -0.2) is 0 Å². The molecule has 33 heavy (non-hydrogen) atoms. The zero-order valence-electron chi connectivity index (χ0n) is 17.2. The average molecular weight is 436 g/mol. The first-order valence-corrected chi connectivity index (χ1v) is 10.1. The van der Waals surface area contributed by atoms with Crippen LogP contribution < -0.4 is 4.74 Å². The van der Waals surface area contributed by atoms with Gasteiger partial charge in [-0.15, -0.1) is 0 Å². The van der Waals surface area contributed by atoms with Crippen LogP contribution in [-0.4, -0.2) is 9.85 Å². The number of nitro groups is 2. The van der Waals surface area contributed by atoms with Crippen molar-refractivity contribution < 1.29 is 14.6 Å². The van der Waals surface area contributed by atoms with Gasteiger partial charge in [0.1, 0.15) is 11.5 Å². The van der Waals surface area contributed by atoms with Gasteiger partial charge in [-0.05, 0) is 46.2 Å². The van der Waals surface area contributed by atoms with Crippen LogP contribution in [0.4, 0.5) is 11.4 Å². The molecule has 0 radical (unpaired) electrons. The molecular formula is C26H16N2O5. The molecule has 0 N–H and O–H groups in total. The summed E-state index contributed by atoms with van der Waals surface area (Å²) in [6.45, 7) is 0. The summed E-state index contributed by atoms with van der Waals surface area (Å²) < 4.78 is 6.27. The van der Waals surface area contributed by atoms with Crippen molar-refractivity contribution in [3.05, 3.63) is 117 Å². The lowest BCUT2D eigenvalue weighted by Crippen LogP contribution is -1.93. The summed E-state index contributed by atoms with van der Waals surface area (Å²) in [6, 6.07) is 28.1. The second-order valence-corrected chi connectivity index (χ2v) is 7.45. The van der Waals surface area contributed by atoms with Crippen molar-refractivity contribution in [2.24, 2.45) is 0 Å². The summed E-state index contributed by atoms with van der Waals surface area (Å²) in [4.78, 5) is 21.2. The molecule has 0 aliphatic carbocycles. The van der Waals surface area contributed by atoms with Gasteiger partial charge in [-0.2, -0.15) is 0 Å². The quantitative estimate of drug-likeness (QED) is 0.164. The van der Waals surface area contributed by atoms with Crippen LogP contribution in [0, 0.1) is 20.2 Å². The Balaban J connectivity index is 1.74. The molecule has 0 bridgehead atoms. The smallest absolute Gasteiger partial charge is 0.269 e. The Kier molecular flexibility index (Phi) is 4.91. The molecule has 0 unspecified atom stereocenters. The van der Waals surface area contributed by atoms with E-state index < -0.39 is 9.85 Å². The van der Waals surface area contributed by atoms with Crippen LogP contribution in [0.2, 0.25) is 0 Å². The second-order valence-electron chi connectivity index (χ2n) is 7.45. The fraction of sp³-hybridized carbons (Fsp3) is 0. The summed E-state index contributed by atoms with van der Waals surface area (Å²) in [6.07, 6.45) is 0. The molecule has 5 aromatic rings. The lowest BCUT2D eigenvalue weighted by Gasteiger charge is -2.17. The molecule has 0 heterocycles. The second kappa shape index (κ2) is 8.05. The van der Waals surface area contributed by atoms with E-state index in [1.807, 2.05) is 48.5 Å². The molecule has 7 heteroatoms. The standard InChI is InChI=1S/C26H16N2O5/c29-27(30)18-11-9-17(10-12-18)25-21-5-1-3-7-23(21)26(24-8-4-2-6-22(24)25)33-20-15-13-19(14-16-20)28(31)32/h1-16H. The number of nitrogens with zero attached hydrogens (tertiary/aromatic N) is 2. The maximum absolute atomic E-state index is 11.1. The molecule has 0 saturated carbocycles. The minimum Gasteiger partial charge on any atom is -0.456 e. The molecular weight excluding hydrogens is 420 g/mol. The van der Waals surface area contributed by atoms with Crippen LogP contribution >= 0.6 is 0 Å². The summed E-state index contributed by atoms with van der Waals surface area (Å²) in [5.74, 6) is 1.12. The maximum Gasteiger partial charge on any atom is 0.269 e. The number of benzene rings is 5. The van der Waals surface area contributed by atoms with E-state index in [4.69, 9.17) is 4.74 Å². The number of hydrogen-bond acceptors (Lipinski definition) is 5. The van der Waals surface area contributed by atoms with Gasteiger partial charge in [-0.1, -0.05) is 48.5 Å². The number of hydrogen-bond donors (Lipinski definition) is 0. The lowest BCUT2D eigenvalue weighted by atomic mass is 9.91. The Bertz CT molecular complexity index is 1470. The van der Waals surface area contributed by atoms with Gasteiger partial charge >= 0.3 is 0 Å². The Morgan fingerprint density at radius 3 is 1.42 bits per heavy atom. The van der Waals surface area contributed by atoms with E-state index >= 15 is 0 Å². The largest absolute Gasteiger partial charge is 0.456 e. The Morgan fingerprint density at radius 1 is 0.545 bits per heavy atom. The third kappa shape index (κ3) is 3.61. The SMILES string of the molecule is O=[N+]([O-])c1ccc(Oc2c3ccccc3c(-c3ccc([N+](=O)[O-])cc3)c3ccccc23)cc1. The third-order valence-corrected chi connectivity index (χ3v) is 5.52. The van der Waals surface area contributed by atoms with E-state index in [2.05, 4.69) is 0 Å². The van der Waals surface area contributed by atoms with E-state index in [0.717, 1.165) is 32.7 Å². The maximum atomic E-state index is 11.1. The lowest BCUT2D eigenvalue weighted by molar-refractivity contribution is -0.385.